The second-order valence-corrected chi connectivity index (χ2v) is 22.2. The van der Waals surface area contributed by atoms with E-state index in [1.807, 2.05) is 75.7 Å². The minimum Gasteiger partial charge on any atom is -0.382 e. The molecule has 2 aromatic heterocycles. The lowest BCUT2D eigenvalue weighted by molar-refractivity contribution is -0.144. The van der Waals surface area contributed by atoms with Crippen LogP contribution in [0.25, 0.3) is 11.1 Å². The number of nitrogen functional groups attached to an aromatic ring is 1. The highest BCUT2D eigenvalue weighted by Crippen LogP contribution is 2.38. The number of fused-ring (bicyclic) bond motifs is 6. The Labute approximate surface area is 460 Å². The number of likely N-dealkylation sites (N-methyl/N-ethyl adjacent to an activating group) is 1. The summed E-state index contributed by atoms with van der Waals surface area (Å²) < 4.78 is 16.8. The molecule has 0 radical (unpaired) electrons. The highest BCUT2D eigenvalue weighted by molar-refractivity contribution is 5.94. The number of hydrogen-bond donors (Lipinski definition) is 6. The van der Waals surface area contributed by atoms with Crippen LogP contribution >= 0.6 is 0 Å². The zero-order valence-corrected chi connectivity index (χ0v) is 47.3. The van der Waals surface area contributed by atoms with Crippen molar-refractivity contribution in [2.75, 3.05) is 44.4 Å². The molecule has 424 valence electrons. The lowest BCUT2D eigenvalue weighted by atomic mass is 9.85. The Bertz CT molecular complexity index is 2660. The molecule has 2 saturated heterocycles. The van der Waals surface area contributed by atoms with Crippen molar-refractivity contribution in [1.82, 2.24) is 51.1 Å². The van der Waals surface area contributed by atoms with Crippen LogP contribution in [0.15, 0.2) is 78.8 Å². The van der Waals surface area contributed by atoms with Gasteiger partial charge in [0, 0.05) is 75.0 Å². The standard InChI is InChI=1S/C59H85FN12O6/c1-10-45(41-22-16-15-17-23-41)66-57(77)49-34-44(36-71(49)58(78)54(59(5,6)7)67-56(76)39(3)62-8)65-51(74)27-19-14-12-11-13-18-26-50(73)63-29-31-72-40(4)53-42-33-48(55(61)64-35-42)70-30-21-25-47(70)38(2)32-43(60)24-20-28-52(75)69(9)37-46(53)68-72/h15-17,20,22-24,32-33,35,39,44-45,47,49,54,62H,2,10-14,18-19,21,25-31,34,36-37H2,1,3-9H3,(H2,61,64)(H,63,73)(H,65,74)(H,66,77)(H,67,76)/b24-20-,43-32+/t39-,44-,45+,47-,49-,54?/m1/s1. The van der Waals surface area contributed by atoms with Gasteiger partial charge in [0.15, 0.2) is 0 Å². The maximum Gasteiger partial charge on any atom is 0.246 e. The van der Waals surface area contributed by atoms with E-state index in [0.717, 1.165) is 73.0 Å². The summed E-state index contributed by atoms with van der Waals surface area (Å²) in [6.07, 6.45) is 14.1. The first-order valence-corrected chi connectivity index (χ1v) is 27.9. The molecule has 2 bridgehead atoms. The van der Waals surface area contributed by atoms with Crippen LogP contribution in [-0.4, -0.2) is 124 Å². The first kappa shape index (κ1) is 60.3. The van der Waals surface area contributed by atoms with Gasteiger partial charge < -0.3 is 47.0 Å². The van der Waals surface area contributed by atoms with Crippen molar-refractivity contribution < 1.29 is 33.2 Å². The molecule has 5 heterocycles. The van der Waals surface area contributed by atoms with Gasteiger partial charge in [-0.1, -0.05) is 96.4 Å². The number of likely N-dealkylation sites (tertiary alicyclic amines) is 1. The maximum atomic E-state index is 14.9. The highest BCUT2D eigenvalue weighted by Gasteiger charge is 2.46. The van der Waals surface area contributed by atoms with E-state index in [2.05, 4.69) is 43.0 Å². The third kappa shape index (κ3) is 16.1. The van der Waals surface area contributed by atoms with Crippen molar-refractivity contribution >= 4 is 46.9 Å². The molecule has 3 aliphatic heterocycles. The zero-order valence-electron chi connectivity index (χ0n) is 47.3. The van der Waals surface area contributed by atoms with Gasteiger partial charge >= 0.3 is 0 Å². The molecule has 1 unspecified atom stereocenters. The maximum absolute atomic E-state index is 14.9. The molecule has 78 heavy (non-hydrogen) atoms. The number of nitrogens with two attached hydrogens (primary N) is 1. The van der Waals surface area contributed by atoms with Crippen molar-refractivity contribution in [3.63, 3.8) is 0 Å². The van der Waals surface area contributed by atoms with E-state index in [9.17, 15) is 33.2 Å². The summed E-state index contributed by atoms with van der Waals surface area (Å²) in [5.41, 5.74) is 11.3. The van der Waals surface area contributed by atoms with Crippen LogP contribution in [0.3, 0.4) is 0 Å². The number of carbonyl (C=O) groups is 6. The third-order valence-corrected chi connectivity index (χ3v) is 15.3. The second kappa shape index (κ2) is 28.1. The normalized spacial score (nSPS) is 20.2. The summed E-state index contributed by atoms with van der Waals surface area (Å²) in [6.45, 7) is 17.3. The quantitative estimate of drug-likeness (QED) is 0.0604. The van der Waals surface area contributed by atoms with E-state index in [-0.39, 0.29) is 73.5 Å². The predicted octanol–water partition coefficient (Wildman–Crippen LogP) is 6.86. The minimum atomic E-state index is -0.912. The molecule has 6 atom stereocenters. The SMILES string of the molecule is C=C1/C=C(F)\C=C/CC(=O)N(C)Cc2nn(CCNC(=O)CCCCCCCCC(=O)N[C@@H]3C[C@H](C(=O)N[C@@H](CC)c4ccccc4)N(C(=O)C(NC(=O)[C@@H](C)NC)C(C)(C)C)C3)c(C)c2-c2cnc(N)c(c2)N2CCC[C@H]12. The van der Waals surface area contributed by atoms with Gasteiger partial charge in [-0.05, 0) is 94.2 Å². The number of aromatic nitrogens is 3. The molecular weight excluding hydrogens is 992 g/mol. The zero-order chi connectivity index (χ0) is 56.7. The van der Waals surface area contributed by atoms with Crippen LogP contribution in [-0.2, 0) is 41.9 Å². The monoisotopic (exact) mass is 1080 g/mol. The van der Waals surface area contributed by atoms with Crippen LogP contribution in [0.2, 0.25) is 0 Å². The summed E-state index contributed by atoms with van der Waals surface area (Å²) in [7, 11) is 3.37. The van der Waals surface area contributed by atoms with Gasteiger partial charge in [0.2, 0.25) is 35.4 Å². The number of allylic oxidation sites excluding steroid dienone is 2. The Morgan fingerprint density at radius 1 is 0.987 bits per heavy atom. The first-order valence-electron chi connectivity index (χ1n) is 27.9. The Balaban J connectivity index is 0.966. The van der Waals surface area contributed by atoms with Crippen LogP contribution in [0.5, 0.6) is 0 Å². The first-order chi connectivity index (χ1) is 37.2. The summed E-state index contributed by atoms with van der Waals surface area (Å²) in [6, 6.07) is 8.49. The van der Waals surface area contributed by atoms with Crippen LogP contribution < -0.4 is 37.2 Å². The van der Waals surface area contributed by atoms with E-state index in [4.69, 9.17) is 10.8 Å². The minimum absolute atomic E-state index is 0.0154. The van der Waals surface area contributed by atoms with E-state index in [1.54, 1.807) is 32.1 Å². The van der Waals surface area contributed by atoms with E-state index >= 15 is 0 Å². The fourth-order valence-electron chi connectivity index (χ4n) is 10.6. The molecule has 0 spiro atoms. The highest BCUT2D eigenvalue weighted by atomic mass is 19.1. The van der Waals surface area contributed by atoms with Gasteiger partial charge in [0.05, 0.1) is 42.6 Å². The second-order valence-electron chi connectivity index (χ2n) is 22.2. The molecule has 3 aliphatic rings. The third-order valence-electron chi connectivity index (χ3n) is 15.3. The average Bonchev–Trinajstić information content (AvgIpc) is 4.20. The smallest absolute Gasteiger partial charge is 0.246 e. The Kier molecular flexibility index (Phi) is 21.8. The summed E-state index contributed by atoms with van der Waals surface area (Å²) in [5, 5.41) is 20.1. The van der Waals surface area contributed by atoms with Gasteiger partial charge in [-0.3, -0.25) is 33.4 Å². The number of nitrogens with one attached hydrogen (secondary N) is 5. The molecule has 6 amide bonds. The van der Waals surface area contributed by atoms with Crippen LogP contribution in [0.1, 0.15) is 141 Å². The largest absolute Gasteiger partial charge is 0.382 e. The van der Waals surface area contributed by atoms with Gasteiger partial charge in [-0.2, -0.15) is 5.10 Å². The number of carbonyl (C=O) groups excluding carboxylic acids is 6. The molecular formula is C59H85FN12O6. The number of anilines is 2. The Morgan fingerprint density at radius 2 is 1.68 bits per heavy atom. The van der Waals surface area contributed by atoms with Crippen molar-refractivity contribution in [3.05, 3.63) is 95.8 Å². The Hall–Kier alpha value is -6.89. The van der Waals surface area contributed by atoms with Crippen LogP contribution in [0, 0.1) is 12.3 Å². The number of nitrogens with zero attached hydrogens (tertiary/aromatic N) is 6. The summed E-state index contributed by atoms with van der Waals surface area (Å²) in [5.74, 6) is -1.52. The fraction of sp³-hybridized carbons (Fsp3) is 0.559. The topological polar surface area (TPSA) is 229 Å². The number of benzene rings is 1. The average molecular weight is 1080 g/mol. The summed E-state index contributed by atoms with van der Waals surface area (Å²) >= 11 is 0. The van der Waals surface area contributed by atoms with Crippen molar-refractivity contribution in [1.29, 1.82) is 0 Å². The Morgan fingerprint density at radius 3 is 2.36 bits per heavy atom. The molecule has 7 N–H and O–H groups in total. The molecule has 0 aliphatic carbocycles. The summed E-state index contributed by atoms with van der Waals surface area (Å²) in [4.78, 5) is 90.9. The molecule has 19 heteroatoms. The van der Waals surface area contributed by atoms with Gasteiger partial charge in [0.1, 0.15) is 23.7 Å². The van der Waals surface area contributed by atoms with Crippen molar-refractivity contribution in [2.45, 2.75) is 174 Å². The van der Waals surface area contributed by atoms with Gasteiger partial charge in [-0.15, -0.1) is 0 Å². The molecule has 6 rings (SSSR count). The molecule has 3 aromatic rings. The van der Waals surface area contributed by atoms with E-state index in [1.165, 1.54) is 23.1 Å². The van der Waals surface area contributed by atoms with Crippen LogP contribution in [0.4, 0.5) is 15.9 Å². The van der Waals surface area contributed by atoms with E-state index in [0.29, 0.717) is 62.4 Å². The predicted molar refractivity (Wildman–Crippen MR) is 303 cm³/mol. The van der Waals surface area contributed by atoms with E-state index < -0.39 is 35.4 Å². The number of halogens is 1. The van der Waals surface area contributed by atoms with Gasteiger partial charge in [-0.25, -0.2) is 9.37 Å². The lowest BCUT2D eigenvalue weighted by Gasteiger charge is -2.36. The fourth-order valence-corrected chi connectivity index (χ4v) is 10.6. The molecule has 18 nitrogen and oxygen atoms in total. The number of unbranched alkanes of at least 4 members (excludes halogenated alkanes) is 5. The van der Waals surface area contributed by atoms with Gasteiger partial charge in [0.25, 0.3) is 0 Å². The lowest BCUT2D eigenvalue weighted by Crippen LogP contribution is -2.59. The number of rotatable bonds is 21. The molecule has 0 saturated carbocycles. The number of hydrogen-bond acceptors (Lipinski definition) is 11. The van der Waals surface area contributed by atoms with Crippen molar-refractivity contribution in [2.24, 2.45) is 5.41 Å². The molecule has 2 fully saturated rings. The van der Waals surface area contributed by atoms with Crippen molar-refractivity contribution in [3.8, 4) is 11.1 Å². The number of pyridine rings is 1. The molecule has 1 aromatic carbocycles. The number of amides is 6.